The fourth-order valence-corrected chi connectivity index (χ4v) is 2.30. The van der Waals surface area contributed by atoms with Crippen LogP contribution in [0, 0.1) is 9.39 Å². The maximum absolute atomic E-state index is 13.1. The van der Waals surface area contributed by atoms with Crippen molar-refractivity contribution in [2.24, 2.45) is 0 Å². The van der Waals surface area contributed by atoms with Crippen molar-refractivity contribution in [3.05, 3.63) is 31.6 Å². The Hall–Kier alpha value is 0.320. The molecule has 1 aromatic rings. The number of carbonyl (C=O) groups excluding carboxylic acids is 1. The first kappa shape index (κ1) is 10.4. The standard InChI is InChI=1S/C7H2BrClFIO/c8-5-3(7(9)12)1-2-4(11)6(5)10/h1-2H. The Morgan fingerprint density at radius 1 is 1.58 bits per heavy atom. The number of hydrogen-bond acceptors (Lipinski definition) is 1. The minimum atomic E-state index is -0.669. The van der Waals surface area contributed by atoms with E-state index in [9.17, 15) is 9.18 Å². The minimum absolute atomic E-state index is 0.120. The van der Waals surface area contributed by atoms with Gasteiger partial charge < -0.3 is 0 Å². The molecule has 1 nitrogen and oxygen atoms in total. The molecule has 1 aromatic carbocycles. The quantitative estimate of drug-likeness (QED) is 0.424. The van der Waals surface area contributed by atoms with E-state index in [4.69, 9.17) is 11.6 Å². The lowest BCUT2D eigenvalue weighted by Gasteiger charge is -2.01. The molecule has 0 unspecified atom stereocenters. The Kier molecular flexibility index (Phi) is 3.48. The van der Waals surface area contributed by atoms with Crippen molar-refractivity contribution in [1.29, 1.82) is 0 Å². The van der Waals surface area contributed by atoms with Gasteiger partial charge in [-0.1, -0.05) is 0 Å². The smallest absolute Gasteiger partial charge is 0.253 e. The van der Waals surface area contributed by atoms with E-state index in [1.54, 1.807) is 0 Å². The van der Waals surface area contributed by atoms with Crippen molar-refractivity contribution in [3.63, 3.8) is 0 Å². The fraction of sp³-hybridized carbons (Fsp3) is 0. The molecule has 1 rings (SSSR count). The number of carbonyl (C=O) groups is 1. The van der Waals surface area contributed by atoms with Gasteiger partial charge in [-0.15, -0.1) is 0 Å². The first-order valence-electron chi connectivity index (χ1n) is 2.87. The normalized spacial score (nSPS) is 10.0. The minimum Gasteiger partial charge on any atom is -0.276 e. The largest absolute Gasteiger partial charge is 0.276 e. The molecule has 0 radical (unpaired) electrons. The topological polar surface area (TPSA) is 17.1 Å². The second-order valence-corrected chi connectivity index (χ2v) is 4.30. The summed E-state index contributed by atoms with van der Waals surface area (Å²) in [6, 6.07) is 2.97. The van der Waals surface area contributed by atoms with Crippen molar-refractivity contribution in [1.82, 2.24) is 0 Å². The van der Waals surface area contributed by atoms with Crippen molar-refractivity contribution in [2.75, 3.05) is 0 Å². The summed E-state index contributed by atoms with van der Waals surface area (Å²) < 4.78 is 13.7. The zero-order chi connectivity index (χ0) is 9.30. The number of benzene rings is 1. The van der Waals surface area contributed by atoms with Gasteiger partial charge in [0.2, 0.25) is 0 Å². The molecular weight excluding hydrogens is 361 g/mol. The highest BCUT2D eigenvalue weighted by Gasteiger charge is 2.13. The van der Waals surface area contributed by atoms with Crippen LogP contribution in [0.25, 0.3) is 0 Å². The third-order valence-electron chi connectivity index (χ3n) is 1.25. The molecule has 0 fully saturated rings. The van der Waals surface area contributed by atoms with E-state index in [1.807, 2.05) is 22.6 Å². The van der Waals surface area contributed by atoms with Crippen LogP contribution in [-0.2, 0) is 0 Å². The van der Waals surface area contributed by atoms with Gasteiger partial charge in [0.25, 0.3) is 5.24 Å². The van der Waals surface area contributed by atoms with Gasteiger partial charge in [0.05, 0.1) is 10.0 Å². The van der Waals surface area contributed by atoms with Gasteiger partial charge in [-0.2, -0.15) is 0 Å². The van der Waals surface area contributed by atoms with Gasteiger partial charge in [0, 0.05) is 3.57 Å². The zero-order valence-electron chi connectivity index (χ0n) is 5.57. The Morgan fingerprint density at radius 2 is 2.17 bits per heavy atom. The summed E-state index contributed by atoms with van der Waals surface area (Å²) in [5.41, 5.74) is 0.148. The van der Waals surface area contributed by atoms with E-state index >= 15 is 0 Å². The molecule has 0 bridgehead atoms. The van der Waals surface area contributed by atoms with Crippen molar-refractivity contribution < 1.29 is 9.18 Å². The van der Waals surface area contributed by atoms with Crippen LogP contribution in [0.3, 0.4) is 0 Å². The van der Waals surface area contributed by atoms with Crippen molar-refractivity contribution in [2.45, 2.75) is 0 Å². The molecule has 0 saturated heterocycles. The molecule has 0 amide bonds. The van der Waals surface area contributed by atoms with Gasteiger partial charge in [0.1, 0.15) is 0 Å². The van der Waals surface area contributed by atoms with E-state index in [-0.39, 0.29) is 10.0 Å². The molecule has 0 N–H and O–H groups in total. The van der Waals surface area contributed by atoms with Crippen LogP contribution in [0.2, 0.25) is 0 Å². The Balaban J connectivity index is 3.36. The molecule has 64 valence electrons. The summed E-state index contributed by atoms with van der Waals surface area (Å²) in [5.74, 6) is -0.456. The molecule has 0 aromatic heterocycles. The number of halogens is 4. The molecule has 12 heavy (non-hydrogen) atoms. The monoisotopic (exact) mass is 362 g/mol. The van der Waals surface area contributed by atoms with Crippen LogP contribution in [0.15, 0.2) is 16.6 Å². The summed E-state index contributed by atoms with van der Waals surface area (Å²) in [6.07, 6.45) is 0. The second kappa shape index (κ2) is 4.02. The maximum atomic E-state index is 13.1. The molecule has 5 heteroatoms. The molecular formula is C7H2BrClFIO. The van der Waals surface area contributed by atoms with E-state index in [2.05, 4.69) is 15.9 Å². The molecule has 0 aliphatic carbocycles. The Labute approximate surface area is 95.6 Å². The summed E-state index contributed by atoms with van der Waals surface area (Å²) in [7, 11) is 0. The molecule has 0 saturated carbocycles. The molecule has 0 aliphatic rings. The van der Waals surface area contributed by atoms with Crippen LogP contribution >= 0.6 is 50.1 Å². The lowest BCUT2D eigenvalue weighted by atomic mass is 10.2. The first-order chi connectivity index (χ1) is 5.54. The Morgan fingerprint density at radius 3 is 2.67 bits per heavy atom. The summed E-state index contributed by atoms with van der Waals surface area (Å²) in [4.78, 5) is 10.7. The van der Waals surface area contributed by atoms with E-state index in [1.165, 1.54) is 12.1 Å². The first-order valence-corrected chi connectivity index (χ1v) is 5.12. The average Bonchev–Trinajstić information content (AvgIpc) is 2.00. The van der Waals surface area contributed by atoms with Gasteiger partial charge in [-0.3, -0.25) is 4.79 Å². The summed E-state index contributed by atoms with van der Waals surface area (Å²) >= 11 is 9.97. The van der Waals surface area contributed by atoms with Gasteiger partial charge in [-0.25, -0.2) is 4.39 Å². The predicted molar refractivity (Wildman–Crippen MR) is 57.0 cm³/mol. The Bertz CT molecular complexity index is 342. The highest BCUT2D eigenvalue weighted by Crippen LogP contribution is 2.25. The SMILES string of the molecule is O=C(Cl)c1ccc(I)c(F)c1Br. The lowest BCUT2D eigenvalue weighted by molar-refractivity contribution is 0.108. The third-order valence-corrected chi connectivity index (χ3v) is 3.06. The predicted octanol–water partition coefficient (Wildman–Crippen LogP) is 3.57. The number of hydrogen-bond donors (Lipinski definition) is 0. The molecule has 0 spiro atoms. The summed E-state index contributed by atoms with van der Waals surface area (Å²) in [5, 5.41) is -0.669. The molecule has 0 heterocycles. The van der Waals surface area contributed by atoms with Crippen molar-refractivity contribution in [3.8, 4) is 0 Å². The van der Waals surface area contributed by atoms with E-state index in [0.717, 1.165) is 0 Å². The highest BCUT2D eigenvalue weighted by atomic mass is 127. The van der Waals surface area contributed by atoms with Gasteiger partial charge in [0.15, 0.2) is 5.82 Å². The van der Waals surface area contributed by atoms with E-state index in [0.29, 0.717) is 3.57 Å². The van der Waals surface area contributed by atoms with Crippen LogP contribution in [0.1, 0.15) is 10.4 Å². The van der Waals surface area contributed by atoms with Gasteiger partial charge >= 0.3 is 0 Å². The zero-order valence-corrected chi connectivity index (χ0v) is 10.1. The fourth-order valence-electron chi connectivity index (χ4n) is 0.678. The number of rotatable bonds is 1. The maximum Gasteiger partial charge on any atom is 0.253 e. The summed E-state index contributed by atoms with van der Waals surface area (Å²) in [6.45, 7) is 0. The second-order valence-electron chi connectivity index (χ2n) is 2.00. The van der Waals surface area contributed by atoms with Crippen LogP contribution in [0.5, 0.6) is 0 Å². The molecule has 0 aliphatic heterocycles. The van der Waals surface area contributed by atoms with Gasteiger partial charge in [-0.05, 0) is 62.3 Å². The molecule has 0 atom stereocenters. The highest BCUT2D eigenvalue weighted by molar-refractivity contribution is 14.1. The van der Waals surface area contributed by atoms with Crippen molar-refractivity contribution >= 4 is 55.4 Å². The average molecular weight is 363 g/mol. The van der Waals surface area contributed by atoms with Crippen LogP contribution in [-0.4, -0.2) is 5.24 Å². The lowest BCUT2D eigenvalue weighted by Crippen LogP contribution is -1.95. The van der Waals surface area contributed by atoms with Crippen LogP contribution < -0.4 is 0 Å². The van der Waals surface area contributed by atoms with E-state index < -0.39 is 11.1 Å². The third kappa shape index (κ3) is 1.97. The van der Waals surface area contributed by atoms with Crippen LogP contribution in [0.4, 0.5) is 4.39 Å².